The monoisotopic (exact) mass is 340 g/mol. The molecule has 2 atom stereocenters. The van der Waals surface area contributed by atoms with Gasteiger partial charge >= 0.3 is 0 Å². The predicted molar refractivity (Wildman–Crippen MR) is 77.9 cm³/mol. The van der Waals surface area contributed by atoms with Crippen LogP contribution in [0.1, 0.15) is 18.0 Å². The molecular weight excluding hydrogens is 326 g/mol. The van der Waals surface area contributed by atoms with Crippen LogP contribution in [0.15, 0.2) is 47.6 Å². The molecule has 0 unspecified atom stereocenters. The Balaban J connectivity index is 2.01. The Morgan fingerprint density at radius 2 is 2.00 bits per heavy atom. The van der Waals surface area contributed by atoms with Gasteiger partial charge in [-0.05, 0) is 36.2 Å². The van der Waals surface area contributed by atoms with E-state index in [9.17, 15) is 22.3 Å². The number of sulfonamides is 1. The fourth-order valence-electron chi connectivity index (χ4n) is 2.71. The Morgan fingerprint density at radius 1 is 1.22 bits per heavy atom. The maximum absolute atomic E-state index is 13.5. The predicted octanol–water partition coefficient (Wildman–Crippen LogP) is 1.86. The number of halogens is 2. The first-order valence-corrected chi connectivity index (χ1v) is 8.38. The van der Waals surface area contributed by atoms with Crippen molar-refractivity contribution in [2.45, 2.75) is 23.5 Å². The largest absolute Gasteiger partial charge is 0.392 e. The molecule has 0 amide bonds. The lowest BCUT2D eigenvalue weighted by atomic mass is 10.0. The van der Waals surface area contributed by atoms with Crippen molar-refractivity contribution in [1.29, 1.82) is 0 Å². The molecule has 1 aromatic heterocycles. The van der Waals surface area contributed by atoms with Crippen LogP contribution in [0.5, 0.6) is 0 Å². The molecule has 2 heterocycles. The van der Waals surface area contributed by atoms with Gasteiger partial charge in [-0.2, -0.15) is 4.31 Å². The van der Waals surface area contributed by atoms with Gasteiger partial charge in [-0.3, -0.25) is 4.98 Å². The SMILES string of the molecule is O=S(=O)(c1cccnc1)N1C[C@@H](O)C[C@@H]1c1ccc(F)c(F)c1. The zero-order valence-corrected chi connectivity index (χ0v) is 12.7. The van der Waals surface area contributed by atoms with Crippen molar-refractivity contribution in [1.82, 2.24) is 9.29 Å². The molecule has 0 radical (unpaired) electrons. The molecule has 1 fully saturated rings. The first-order valence-electron chi connectivity index (χ1n) is 6.94. The fourth-order valence-corrected chi connectivity index (χ4v) is 4.33. The Morgan fingerprint density at radius 3 is 2.65 bits per heavy atom. The van der Waals surface area contributed by atoms with Crippen molar-refractivity contribution in [3.8, 4) is 0 Å². The Hall–Kier alpha value is -1.90. The van der Waals surface area contributed by atoms with Gasteiger partial charge in [0.1, 0.15) is 4.90 Å². The van der Waals surface area contributed by atoms with Crippen LogP contribution in [0.3, 0.4) is 0 Å². The summed E-state index contributed by atoms with van der Waals surface area (Å²) in [6, 6.07) is 5.37. The van der Waals surface area contributed by atoms with Gasteiger partial charge in [0, 0.05) is 18.9 Å². The third-order valence-corrected chi connectivity index (χ3v) is 5.66. The van der Waals surface area contributed by atoms with Crippen molar-refractivity contribution in [3.05, 3.63) is 59.9 Å². The summed E-state index contributed by atoms with van der Waals surface area (Å²) in [5.41, 5.74) is 0.299. The van der Waals surface area contributed by atoms with Crippen molar-refractivity contribution < 1.29 is 22.3 Å². The van der Waals surface area contributed by atoms with E-state index >= 15 is 0 Å². The third-order valence-electron chi connectivity index (χ3n) is 3.80. The van der Waals surface area contributed by atoms with Crippen LogP contribution in [0.4, 0.5) is 8.78 Å². The van der Waals surface area contributed by atoms with Gasteiger partial charge < -0.3 is 5.11 Å². The number of β-amino-alcohol motifs (C(OH)–C–C–N with tert-alkyl or cyclic N) is 1. The molecule has 8 heteroatoms. The number of aliphatic hydroxyl groups excluding tert-OH is 1. The van der Waals surface area contributed by atoms with Crippen LogP contribution < -0.4 is 0 Å². The standard InChI is InChI=1S/C15H14F2N2O3S/c16-13-4-3-10(6-14(13)17)15-7-11(20)9-19(15)23(21,22)12-2-1-5-18-8-12/h1-6,8,11,15,20H,7,9H2/t11-,15+/m0/s1. The summed E-state index contributed by atoms with van der Waals surface area (Å²) in [5.74, 6) is -2.06. The van der Waals surface area contributed by atoms with E-state index in [0.29, 0.717) is 5.56 Å². The van der Waals surface area contributed by atoms with Crippen molar-refractivity contribution in [2.24, 2.45) is 0 Å². The van der Waals surface area contributed by atoms with Crippen LogP contribution in [0.25, 0.3) is 0 Å². The average Bonchev–Trinajstić information content (AvgIpc) is 2.94. The number of pyridine rings is 1. The van der Waals surface area contributed by atoms with Crippen molar-refractivity contribution >= 4 is 10.0 Å². The summed E-state index contributed by atoms with van der Waals surface area (Å²) < 4.78 is 53.1. The first-order chi connectivity index (χ1) is 10.9. The highest BCUT2D eigenvalue weighted by Crippen LogP contribution is 2.36. The van der Waals surface area contributed by atoms with Gasteiger partial charge in [-0.1, -0.05) is 6.07 Å². The second kappa shape index (κ2) is 5.95. The fraction of sp³-hybridized carbons (Fsp3) is 0.267. The zero-order valence-electron chi connectivity index (χ0n) is 11.9. The number of aromatic nitrogens is 1. The van der Waals surface area contributed by atoms with E-state index in [4.69, 9.17) is 0 Å². The maximum atomic E-state index is 13.5. The normalized spacial score (nSPS) is 22.4. The molecule has 1 aliphatic heterocycles. The summed E-state index contributed by atoms with van der Waals surface area (Å²) in [6.07, 6.45) is 1.90. The molecule has 0 saturated carbocycles. The summed E-state index contributed by atoms with van der Waals surface area (Å²) in [4.78, 5) is 3.77. The van der Waals surface area contributed by atoms with Gasteiger partial charge in [0.15, 0.2) is 11.6 Å². The van der Waals surface area contributed by atoms with E-state index < -0.39 is 33.8 Å². The van der Waals surface area contributed by atoms with E-state index in [1.54, 1.807) is 0 Å². The molecule has 1 aliphatic rings. The van der Waals surface area contributed by atoms with E-state index in [1.165, 1.54) is 30.6 Å². The van der Waals surface area contributed by atoms with E-state index in [-0.39, 0.29) is 17.9 Å². The number of aliphatic hydroxyl groups is 1. The molecule has 5 nitrogen and oxygen atoms in total. The zero-order chi connectivity index (χ0) is 16.6. The quantitative estimate of drug-likeness (QED) is 0.926. The molecule has 1 saturated heterocycles. The highest BCUT2D eigenvalue weighted by atomic mass is 32.2. The van der Waals surface area contributed by atoms with Crippen LogP contribution in [-0.2, 0) is 10.0 Å². The number of benzene rings is 1. The van der Waals surface area contributed by atoms with E-state index in [1.807, 2.05) is 0 Å². The lowest BCUT2D eigenvalue weighted by molar-refractivity contribution is 0.188. The molecule has 1 N–H and O–H groups in total. The van der Waals surface area contributed by atoms with Crippen molar-refractivity contribution in [2.75, 3.05) is 6.54 Å². The second-order valence-electron chi connectivity index (χ2n) is 5.34. The lowest BCUT2D eigenvalue weighted by Gasteiger charge is -2.24. The van der Waals surface area contributed by atoms with Crippen LogP contribution in [-0.4, -0.2) is 35.5 Å². The van der Waals surface area contributed by atoms with Gasteiger partial charge in [0.05, 0.1) is 12.1 Å². The van der Waals surface area contributed by atoms with Gasteiger partial charge in [-0.15, -0.1) is 0 Å². The molecule has 2 aromatic rings. The molecule has 122 valence electrons. The average molecular weight is 340 g/mol. The van der Waals surface area contributed by atoms with E-state index in [0.717, 1.165) is 16.4 Å². The summed E-state index contributed by atoms with van der Waals surface area (Å²) in [5, 5.41) is 9.88. The summed E-state index contributed by atoms with van der Waals surface area (Å²) in [6.45, 7) is -0.110. The molecule has 0 spiro atoms. The minimum absolute atomic E-state index is 0.0123. The van der Waals surface area contributed by atoms with Gasteiger partial charge in [0.25, 0.3) is 0 Å². The van der Waals surface area contributed by atoms with Gasteiger partial charge in [-0.25, -0.2) is 17.2 Å². The molecule has 0 aliphatic carbocycles. The third kappa shape index (κ3) is 2.97. The molecule has 23 heavy (non-hydrogen) atoms. The van der Waals surface area contributed by atoms with Gasteiger partial charge in [0.2, 0.25) is 10.0 Å². The Bertz CT molecular complexity index is 815. The molecular formula is C15H14F2N2O3S. The summed E-state index contributed by atoms with van der Waals surface area (Å²) in [7, 11) is -3.90. The smallest absolute Gasteiger partial charge is 0.245 e. The number of nitrogens with zero attached hydrogens (tertiary/aromatic N) is 2. The first kappa shape index (κ1) is 16.0. The Labute approximate surface area is 132 Å². The minimum atomic E-state index is -3.90. The van der Waals surface area contributed by atoms with Crippen molar-refractivity contribution in [3.63, 3.8) is 0 Å². The lowest BCUT2D eigenvalue weighted by Crippen LogP contribution is -2.32. The molecule has 3 rings (SSSR count). The minimum Gasteiger partial charge on any atom is -0.392 e. The second-order valence-corrected chi connectivity index (χ2v) is 7.23. The summed E-state index contributed by atoms with van der Waals surface area (Å²) >= 11 is 0. The van der Waals surface area contributed by atoms with E-state index in [2.05, 4.69) is 4.98 Å². The van der Waals surface area contributed by atoms with Crippen LogP contribution in [0.2, 0.25) is 0 Å². The number of hydrogen-bond acceptors (Lipinski definition) is 4. The highest BCUT2D eigenvalue weighted by molar-refractivity contribution is 7.89. The molecule has 0 bridgehead atoms. The number of hydrogen-bond donors (Lipinski definition) is 1. The topological polar surface area (TPSA) is 70.5 Å². The van der Waals surface area contributed by atoms with Crippen LogP contribution in [0, 0.1) is 11.6 Å². The molecule has 1 aromatic carbocycles. The van der Waals surface area contributed by atoms with Crippen LogP contribution >= 0.6 is 0 Å². The maximum Gasteiger partial charge on any atom is 0.245 e. The number of rotatable bonds is 3. The Kier molecular flexibility index (Phi) is 4.13. The highest BCUT2D eigenvalue weighted by Gasteiger charge is 2.40.